The molecule has 116 valence electrons. The summed E-state index contributed by atoms with van der Waals surface area (Å²) in [5.74, 6) is 0.618. The Hall–Kier alpha value is -2.54. The van der Waals surface area contributed by atoms with Gasteiger partial charge in [-0.3, -0.25) is 4.79 Å². The third-order valence-electron chi connectivity index (χ3n) is 4.18. The molecule has 0 fully saturated rings. The number of fused-ring (bicyclic) bond motifs is 1. The molecule has 0 aromatic carbocycles. The lowest BCUT2D eigenvalue weighted by atomic mass is 10.0. The zero-order valence-electron chi connectivity index (χ0n) is 12.6. The first kappa shape index (κ1) is 14.1. The molecule has 0 unspecified atom stereocenters. The topological polar surface area (TPSA) is 63.9 Å². The minimum atomic E-state index is 0.0260. The molecule has 23 heavy (non-hydrogen) atoms. The van der Waals surface area contributed by atoms with Crippen LogP contribution in [0.15, 0.2) is 42.4 Å². The van der Waals surface area contributed by atoms with Gasteiger partial charge in [0.05, 0.1) is 6.04 Å². The van der Waals surface area contributed by atoms with Gasteiger partial charge in [0.2, 0.25) is 0 Å². The van der Waals surface area contributed by atoms with Crippen molar-refractivity contribution in [3.63, 3.8) is 0 Å². The molecule has 7 heteroatoms. The first-order chi connectivity index (χ1) is 11.2. The molecule has 4 heterocycles. The summed E-state index contributed by atoms with van der Waals surface area (Å²) in [7, 11) is 0. The zero-order valence-corrected chi connectivity index (χ0v) is 13.4. The van der Waals surface area contributed by atoms with Crippen molar-refractivity contribution in [2.75, 3.05) is 6.54 Å². The predicted molar refractivity (Wildman–Crippen MR) is 86.6 cm³/mol. The van der Waals surface area contributed by atoms with E-state index in [1.807, 2.05) is 4.90 Å². The lowest BCUT2D eigenvalue weighted by molar-refractivity contribution is 0.0679. The maximum atomic E-state index is 12.9. The number of amides is 1. The smallest absolute Gasteiger partial charge is 0.254 e. The maximum absolute atomic E-state index is 12.9. The monoisotopic (exact) mass is 325 g/mol. The second kappa shape index (κ2) is 5.58. The molecule has 3 aromatic heterocycles. The molecule has 4 rings (SSSR count). The first-order valence-corrected chi connectivity index (χ1v) is 8.30. The van der Waals surface area contributed by atoms with Gasteiger partial charge >= 0.3 is 0 Å². The van der Waals surface area contributed by atoms with E-state index in [2.05, 4.69) is 33.4 Å². The van der Waals surface area contributed by atoms with Gasteiger partial charge in [-0.15, -0.1) is 11.3 Å². The van der Waals surface area contributed by atoms with Crippen LogP contribution in [-0.4, -0.2) is 37.1 Å². The van der Waals surface area contributed by atoms with Crippen LogP contribution in [0, 0.1) is 0 Å². The third-order valence-corrected chi connectivity index (χ3v) is 5.18. The Balaban J connectivity index is 1.64. The van der Waals surface area contributed by atoms with Crippen molar-refractivity contribution in [1.29, 1.82) is 0 Å². The Bertz CT molecular complexity index is 842. The van der Waals surface area contributed by atoms with Crippen molar-refractivity contribution in [2.24, 2.45) is 0 Å². The lowest BCUT2D eigenvalue weighted by Gasteiger charge is -2.33. The van der Waals surface area contributed by atoms with Crippen molar-refractivity contribution in [3.05, 3.63) is 58.4 Å². The summed E-state index contributed by atoms with van der Waals surface area (Å²) in [6.45, 7) is 2.83. The Kier molecular flexibility index (Phi) is 3.42. The number of hydrogen-bond acceptors (Lipinski definition) is 5. The zero-order chi connectivity index (χ0) is 15.8. The van der Waals surface area contributed by atoms with Crippen LogP contribution < -0.4 is 0 Å². The van der Waals surface area contributed by atoms with Crippen LogP contribution in [0.5, 0.6) is 0 Å². The lowest BCUT2D eigenvalue weighted by Crippen LogP contribution is -2.38. The molecule has 1 amide bonds. The maximum Gasteiger partial charge on any atom is 0.254 e. The highest BCUT2D eigenvalue weighted by atomic mass is 32.1. The van der Waals surface area contributed by atoms with E-state index in [4.69, 9.17) is 0 Å². The second-order valence-corrected chi connectivity index (χ2v) is 6.47. The van der Waals surface area contributed by atoms with Crippen LogP contribution in [0.2, 0.25) is 0 Å². The van der Waals surface area contributed by atoms with Gasteiger partial charge in [-0.25, -0.2) is 14.6 Å². The van der Waals surface area contributed by atoms with Crippen molar-refractivity contribution in [1.82, 2.24) is 24.6 Å². The summed E-state index contributed by atoms with van der Waals surface area (Å²) in [6.07, 6.45) is 5.57. The summed E-state index contributed by atoms with van der Waals surface area (Å²) in [6, 6.07) is 5.73. The van der Waals surface area contributed by atoms with E-state index < -0.39 is 0 Å². The second-order valence-electron chi connectivity index (χ2n) is 5.47. The van der Waals surface area contributed by atoms with Gasteiger partial charge in [0.25, 0.3) is 5.91 Å². The highest BCUT2D eigenvalue weighted by Crippen LogP contribution is 2.33. The highest BCUT2D eigenvalue weighted by molar-refractivity contribution is 7.10. The molecule has 0 aliphatic carbocycles. The Morgan fingerprint density at radius 2 is 2.30 bits per heavy atom. The normalized spacial score (nSPS) is 17.1. The van der Waals surface area contributed by atoms with Crippen LogP contribution in [0.3, 0.4) is 0 Å². The molecule has 0 saturated carbocycles. The minimum Gasteiger partial charge on any atom is -0.331 e. The van der Waals surface area contributed by atoms with E-state index in [0.29, 0.717) is 11.4 Å². The number of pyridine rings is 1. The van der Waals surface area contributed by atoms with E-state index in [9.17, 15) is 4.79 Å². The number of aromatic nitrogens is 4. The summed E-state index contributed by atoms with van der Waals surface area (Å²) >= 11 is 1.77. The van der Waals surface area contributed by atoms with Gasteiger partial charge in [0.1, 0.15) is 12.7 Å². The average Bonchev–Trinajstić information content (AvgIpc) is 3.26. The van der Waals surface area contributed by atoms with E-state index >= 15 is 0 Å². The number of carbonyl (C=O) groups is 1. The third kappa shape index (κ3) is 2.43. The number of hydrogen-bond donors (Lipinski definition) is 0. The molecular formula is C16H15N5OS. The van der Waals surface area contributed by atoms with Gasteiger partial charge in [-0.05, 0) is 42.5 Å². The van der Waals surface area contributed by atoms with Crippen molar-refractivity contribution in [3.8, 4) is 5.82 Å². The molecule has 1 atom stereocenters. The van der Waals surface area contributed by atoms with Crippen molar-refractivity contribution >= 4 is 17.2 Å². The molecule has 0 spiro atoms. The fourth-order valence-electron chi connectivity index (χ4n) is 2.96. The highest BCUT2D eigenvalue weighted by Gasteiger charge is 2.29. The Morgan fingerprint density at radius 3 is 3.13 bits per heavy atom. The predicted octanol–water partition coefficient (Wildman–Crippen LogP) is 2.48. The van der Waals surface area contributed by atoms with E-state index in [-0.39, 0.29) is 11.9 Å². The average molecular weight is 325 g/mol. The number of rotatable bonds is 2. The SMILES string of the molecule is C[C@@H]1c2ccsc2CCN1C(=O)c1ccnc(-n2cncn2)c1. The number of nitrogens with zero attached hydrogens (tertiary/aromatic N) is 5. The van der Waals surface area contributed by atoms with Gasteiger partial charge in [-0.1, -0.05) is 0 Å². The van der Waals surface area contributed by atoms with Crippen molar-refractivity contribution in [2.45, 2.75) is 19.4 Å². The van der Waals surface area contributed by atoms with Crippen LogP contribution in [0.25, 0.3) is 5.82 Å². The molecule has 1 aliphatic rings. The van der Waals surface area contributed by atoms with Gasteiger partial charge < -0.3 is 4.90 Å². The van der Waals surface area contributed by atoms with Gasteiger partial charge in [-0.2, -0.15) is 5.10 Å². The molecule has 0 bridgehead atoms. The number of thiophene rings is 1. The fraction of sp³-hybridized carbons (Fsp3) is 0.250. The summed E-state index contributed by atoms with van der Waals surface area (Å²) in [5.41, 5.74) is 1.89. The number of carbonyl (C=O) groups excluding carboxylic acids is 1. The minimum absolute atomic E-state index is 0.0260. The standard InChI is InChI=1S/C16H15N5OS/c1-11-13-4-7-23-14(13)3-6-20(11)16(22)12-2-5-18-15(8-12)21-10-17-9-19-21/h2,4-5,7-11H,3,6H2,1H3/t11-/m1/s1. The van der Waals surface area contributed by atoms with Crippen LogP contribution in [-0.2, 0) is 6.42 Å². The molecule has 0 saturated heterocycles. The largest absolute Gasteiger partial charge is 0.331 e. The molecular weight excluding hydrogens is 310 g/mol. The first-order valence-electron chi connectivity index (χ1n) is 7.42. The summed E-state index contributed by atoms with van der Waals surface area (Å²) < 4.78 is 1.55. The molecule has 6 nitrogen and oxygen atoms in total. The quantitative estimate of drug-likeness (QED) is 0.726. The molecule has 0 radical (unpaired) electrons. The van der Waals surface area contributed by atoms with Crippen molar-refractivity contribution < 1.29 is 4.79 Å². The Morgan fingerprint density at radius 1 is 1.39 bits per heavy atom. The van der Waals surface area contributed by atoms with Crippen LogP contribution >= 0.6 is 11.3 Å². The van der Waals surface area contributed by atoms with Gasteiger partial charge in [0.15, 0.2) is 5.82 Å². The van der Waals surface area contributed by atoms with E-state index in [1.54, 1.807) is 40.7 Å². The molecule has 3 aromatic rings. The van der Waals surface area contributed by atoms with E-state index in [1.165, 1.54) is 16.8 Å². The Labute approximate surface area is 137 Å². The summed E-state index contributed by atoms with van der Waals surface area (Å²) in [5, 5.41) is 6.16. The summed E-state index contributed by atoms with van der Waals surface area (Å²) in [4.78, 5) is 24.4. The van der Waals surface area contributed by atoms with Gasteiger partial charge in [0, 0.05) is 23.2 Å². The molecule has 0 N–H and O–H groups in total. The van der Waals surface area contributed by atoms with Crippen LogP contribution in [0.1, 0.15) is 33.8 Å². The van der Waals surface area contributed by atoms with E-state index in [0.717, 1.165) is 13.0 Å². The van der Waals surface area contributed by atoms with Crippen LogP contribution in [0.4, 0.5) is 0 Å². The molecule has 1 aliphatic heterocycles. The fourth-order valence-corrected chi connectivity index (χ4v) is 3.92.